The first kappa shape index (κ1) is 13.3. The molecule has 0 unspecified atom stereocenters. The van der Waals surface area contributed by atoms with Gasteiger partial charge in [-0.2, -0.15) is 0 Å². The van der Waals surface area contributed by atoms with Gasteiger partial charge in [-0.15, -0.1) is 0 Å². The van der Waals surface area contributed by atoms with Gasteiger partial charge < -0.3 is 9.47 Å². The van der Waals surface area contributed by atoms with Gasteiger partial charge in [0.1, 0.15) is 6.33 Å². The minimum Gasteiger partial charge on any atom is -0.355 e. The van der Waals surface area contributed by atoms with Crippen LogP contribution in [-0.4, -0.2) is 32.6 Å². The van der Waals surface area contributed by atoms with Gasteiger partial charge in [0, 0.05) is 19.1 Å². The van der Waals surface area contributed by atoms with E-state index in [4.69, 9.17) is 0 Å². The van der Waals surface area contributed by atoms with Crippen molar-refractivity contribution >= 4 is 17.0 Å². The second-order valence-corrected chi connectivity index (χ2v) is 5.49. The molecule has 20 heavy (non-hydrogen) atoms. The van der Waals surface area contributed by atoms with Crippen LogP contribution in [0.5, 0.6) is 0 Å². The van der Waals surface area contributed by atoms with E-state index in [1.54, 1.807) is 6.33 Å². The number of hydrogen-bond acceptors (Lipinski definition) is 4. The minimum absolute atomic E-state index is 0.563. The first-order chi connectivity index (χ1) is 9.85. The molecule has 0 saturated heterocycles. The normalized spacial score (nSPS) is 16.7. The Kier molecular flexibility index (Phi) is 3.85. The zero-order valence-electron chi connectivity index (χ0n) is 12.4. The zero-order chi connectivity index (χ0) is 13.9. The molecule has 108 valence electrons. The molecule has 1 saturated carbocycles. The molecule has 0 aromatic carbocycles. The fourth-order valence-electron chi connectivity index (χ4n) is 3.22. The highest BCUT2D eigenvalue weighted by Crippen LogP contribution is 2.31. The topological polar surface area (TPSA) is 46.8 Å². The lowest BCUT2D eigenvalue weighted by atomic mass is 9.95. The number of fused-ring (bicyclic) bond motifs is 1. The molecule has 2 heterocycles. The van der Waals surface area contributed by atoms with Gasteiger partial charge in [0.15, 0.2) is 17.0 Å². The average molecular weight is 273 g/mol. The second-order valence-electron chi connectivity index (χ2n) is 5.49. The summed E-state index contributed by atoms with van der Waals surface area (Å²) in [6, 6.07) is 0.563. The first-order valence-electron chi connectivity index (χ1n) is 7.77. The van der Waals surface area contributed by atoms with Crippen molar-refractivity contribution in [2.75, 3.05) is 18.0 Å². The predicted molar refractivity (Wildman–Crippen MR) is 81.0 cm³/mol. The van der Waals surface area contributed by atoms with Crippen molar-refractivity contribution in [1.82, 2.24) is 19.5 Å². The molecule has 0 bridgehead atoms. The number of rotatable bonds is 4. The van der Waals surface area contributed by atoms with E-state index in [0.29, 0.717) is 6.04 Å². The zero-order valence-corrected chi connectivity index (χ0v) is 12.4. The van der Waals surface area contributed by atoms with Crippen LogP contribution in [0.25, 0.3) is 11.2 Å². The molecule has 5 nitrogen and oxygen atoms in total. The Bertz CT molecular complexity index is 567. The Morgan fingerprint density at radius 2 is 1.85 bits per heavy atom. The van der Waals surface area contributed by atoms with Crippen LogP contribution >= 0.6 is 0 Å². The summed E-state index contributed by atoms with van der Waals surface area (Å²) in [5.41, 5.74) is 1.94. The van der Waals surface area contributed by atoms with Crippen LogP contribution in [0.1, 0.15) is 52.0 Å². The third-order valence-electron chi connectivity index (χ3n) is 4.37. The van der Waals surface area contributed by atoms with Crippen LogP contribution in [0, 0.1) is 0 Å². The monoisotopic (exact) mass is 273 g/mol. The summed E-state index contributed by atoms with van der Waals surface area (Å²) in [4.78, 5) is 15.8. The lowest BCUT2D eigenvalue weighted by molar-refractivity contribution is 0.358. The lowest BCUT2D eigenvalue weighted by Gasteiger charge is -2.23. The van der Waals surface area contributed by atoms with Gasteiger partial charge in [-0.05, 0) is 26.7 Å². The molecule has 0 N–H and O–H groups in total. The van der Waals surface area contributed by atoms with Crippen LogP contribution in [0.3, 0.4) is 0 Å². The molecule has 2 aromatic heterocycles. The van der Waals surface area contributed by atoms with E-state index >= 15 is 0 Å². The van der Waals surface area contributed by atoms with Gasteiger partial charge in [0.25, 0.3) is 0 Å². The number of imidazole rings is 1. The van der Waals surface area contributed by atoms with E-state index in [1.807, 2.05) is 6.33 Å². The predicted octanol–water partition coefficient (Wildman–Crippen LogP) is 3.18. The van der Waals surface area contributed by atoms with Gasteiger partial charge >= 0.3 is 0 Å². The highest BCUT2D eigenvalue weighted by Gasteiger charge is 2.20. The molecule has 1 aliphatic carbocycles. The molecule has 0 aliphatic heterocycles. The second kappa shape index (κ2) is 5.77. The van der Waals surface area contributed by atoms with Gasteiger partial charge in [-0.1, -0.05) is 19.3 Å². The van der Waals surface area contributed by atoms with E-state index < -0.39 is 0 Å². The molecule has 0 spiro atoms. The summed E-state index contributed by atoms with van der Waals surface area (Å²) in [6.07, 6.45) is 10.1. The molecular formula is C15H23N5. The first-order valence-corrected chi connectivity index (χ1v) is 7.77. The Labute approximate surface area is 120 Å². The van der Waals surface area contributed by atoms with Crippen molar-refractivity contribution in [3.63, 3.8) is 0 Å². The Balaban J connectivity index is 2.02. The molecule has 0 radical (unpaired) electrons. The number of aromatic nitrogens is 4. The van der Waals surface area contributed by atoms with E-state index in [2.05, 4.69) is 38.3 Å². The van der Waals surface area contributed by atoms with Gasteiger partial charge in [-0.25, -0.2) is 15.0 Å². The SMILES string of the molecule is CCN(CC)c1ncnc2c1ncn2C1CCCCC1. The lowest BCUT2D eigenvalue weighted by Crippen LogP contribution is -2.23. The minimum atomic E-state index is 0.563. The molecule has 1 fully saturated rings. The third-order valence-corrected chi connectivity index (χ3v) is 4.37. The van der Waals surface area contributed by atoms with Crippen LogP contribution in [0.4, 0.5) is 5.82 Å². The maximum Gasteiger partial charge on any atom is 0.165 e. The van der Waals surface area contributed by atoms with Gasteiger partial charge in [-0.3, -0.25) is 0 Å². The van der Waals surface area contributed by atoms with Crippen molar-refractivity contribution in [1.29, 1.82) is 0 Å². The molecule has 5 heteroatoms. The van der Waals surface area contributed by atoms with E-state index in [0.717, 1.165) is 30.1 Å². The Morgan fingerprint density at radius 1 is 1.10 bits per heavy atom. The summed E-state index contributed by atoms with van der Waals surface area (Å²) >= 11 is 0. The maximum atomic E-state index is 4.61. The fourth-order valence-corrected chi connectivity index (χ4v) is 3.22. The van der Waals surface area contributed by atoms with Crippen molar-refractivity contribution in [2.45, 2.75) is 52.0 Å². The number of hydrogen-bond donors (Lipinski definition) is 0. The molecule has 2 aromatic rings. The quantitative estimate of drug-likeness (QED) is 0.858. The Morgan fingerprint density at radius 3 is 2.55 bits per heavy atom. The molecule has 1 aliphatic rings. The highest BCUT2D eigenvalue weighted by molar-refractivity contribution is 5.83. The summed E-state index contributed by atoms with van der Waals surface area (Å²) in [7, 11) is 0. The molecule has 0 amide bonds. The largest absolute Gasteiger partial charge is 0.355 e. The number of nitrogens with zero attached hydrogens (tertiary/aromatic N) is 5. The van der Waals surface area contributed by atoms with Crippen molar-refractivity contribution in [3.05, 3.63) is 12.7 Å². The number of anilines is 1. The fraction of sp³-hybridized carbons (Fsp3) is 0.667. The van der Waals surface area contributed by atoms with Gasteiger partial charge in [0.2, 0.25) is 0 Å². The van der Waals surface area contributed by atoms with Crippen molar-refractivity contribution < 1.29 is 0 Å². The van der Waals surface area contributed by atoms with Crippen LogP contribution in [-0.2, 0) is 0 Å². The third kappa shape index (κ3) is 2.25. The molecular weight excluding hydrogens is 250 g/mol. The van der Waals surface area contributed by atoms with Gasteiger partial charge in [0.05, 0.1) is 6.33 Å². The Hall–Kier alpha value is -1.65. The van der Waals surface area contributed by atoms with E-state index in [9.17, 15) is 0 Å². The highest BCUT2D eigenvalue weighted by atomic mass is 15.2. The maximum absolute atomic E-state index is 4.61. The standard InChI is InChI=1S/C15H23N5/c1-3-19(4-2)14-13-15(17-10-16-14)20(11-18-13)12-8-6-5-7-9-12/h10-12H,3-9H2,1-2H3. The summed E-state index contributed by atoms with van der Waals surface area (Å²) < 4.78 is 2.27. The van der Waals surface area contributed by atoms with E-state index in [1.165, 1.54) is 32.1 Å². The summed E-state index contributed by atoms with van der Waals surface area (Å²) in [6.45, 7) is 6.18. The van der Waals surface area contributed by atoms with Crippen LogP contribution < -0.4 is 4.90 Å². The average Bonchev–Trinajstić information content (AvgIpc) is 2.94. The smallest absolute Gasteiger partial charge is 0.165 e. The summed E-state index contributed by atoms with van der Waals surface area (Å²) in [5.74, 6) is 0.967. The van der Waals surface area contributed by atoms with Crippen LogP contribution in [0.15, 0.2) is 12.7 Å². The van der Waals surface area contributed by atoms with Crippen molar-refractivity contribution in [2.24, 2.45) is 0 Å². The van der Waals surface area contributed by atoms with E-state index in [-0.39, 0.29) is 0 Å². The van der Waals surface area contributed by atoms with Crippen LogP contribution in [0.2, 0.25) is 0 Å². The van der Waals surface area contributed by atoms with Crippen molar-refractivity contribution in [3.8, 4) is 0 Å². The summed E-state index contributed by atoms with van der Waals surface area (Å²) in [5, 5.41) is 0. The molecule has 3 rings (SSSR count). The molecule has 0 atom stereocenters.